The van der Waals surface area contributed by atoms with Crippen molar-refractivity contribution in [3.8, 4) is 0 Å². The lowest BCUT2D eigenvalue weighted by Gasteiger charge is -2.24. The first kappa shape index (κ1) is 64.3. The SMILES string of the molecule is CC/C=C/C/C=C/C/C=C/CCCCC(CC(=O)NC(CO)C(O)CCCCCCCCCCCCCCCCCCC)OC(=O)CCCCCCCC/C=C\C/C=C\C/C=C\CCCCC. The van der Waals surface area contributed by atoms with Crippen molar-refractivity contribution in [1.29, 1.82) is 0 Å². The fourth-order valence-electron chi connectivity index (χ4n) is 8.45. The molecule has 0 saturated heterocycles. The Morgan fingerprint density at radius 3 is 1.27 bits per heavy atom. The number of carbonyl (C=O) groups is 2. The number of unbranched alkanes of at least 4 members (excludes halogenated alkanes) is 27. The molecule has 0 fully saturated rings. The smallest absolute Gasteiger partial charge is 0.306 e. The largest absolute Gasteiger partial charge is 0.462 e. The summed E-state index contributed by atoms with van der Waals surface area (Å²) in [4.78, 5) is 26.2. The van der Waals surface area contributed by atoms with E-state index in [0.29, 0.717) is 19.3 Å². The van der Waals surface area contributed by atoms with Crippen LogP contribution in [0.15, 0.2) is 72.9 Å². The van der Waals surface area contributed by atoms with E-state index < -0.39 is 18.2 Å². The topological polar surface area (TPSA) is 95.9 Å². The summed E-state index contributed by atoms with van der Waals surface area (Å²) in [6.07, 6.45) is 69.7. The Balaban J connectivity index is 4.54. The van der Waals surface area contributed by atoms with E-state index in [-0.39, 0.29) is 24.9 Å². The molecular weight excluding hydrogens is 827 g/mol. The van der Waals surface area contributed by atoms with Crippen molar-refractivity contribution in [2.75, 3.05) is 6.61 Å². The summed E-state index contributed by atoms with van der Waals surface area (Å²) >= 11 is 0. The number of nitrogens with one attached hydrogen (secondary N) is 1. The first-order valence-corrected chi connectivity index (χ1v) is 28.7. The standard InChI is InChI=1S/C61H109NO5/c1-4-7-10-13-16-19-22-25-27-29-30-32-34-36-39-42-45-48-51-54-61(66)67-57(52-49-46-43-40-37-24-21-18-15-12-9-6-3)55-60(65)62-58(56-63)59(64)53-50-47-44-41-38-35-33-31-28-26-23-20-17-14-11-8-5-2/h9,12,16,18-19,21,25,27,30,32,37,40,57-59,63-64H,4-8,10-11,13-15,17,20,22-24,26,28-29,31,33-36,38-39,41-56H2,1-3H3,(H,62,65)/b12-9+,19-16-,21-18+,27-25-,32-30-,40-37+. The van der Waals surface area contributed by atoms with E-state index in [1.54, 1.807) is 0 Å². The average Bonchev–Trinajstić information content (AvgIpc) is 3.32. The molecule has 3 unspecified atom stereocenters. The molecule has 0 aliphatic carbocycles. The van der Waals surface area contributed by atoms with Crippen LogP contribution >= 0.6 is 0 Å². The van der Waals surface area contributed by atoms with Gasteiger partial charge in [0.1, 0.15) is 6.10 Å². The molecule has 0 rings (SSSR count). The van der Waals surface area contributed by atoms with Gasteiger partial charge >= 0.3 is 5.97 Å². The van der Waals surface area contributed by atoms with Crippen molar-refractivity contribution in [2.45, 2.75) is 296 Å². The molecule has 0 radical (unpaired) electrons. The third kappa shape index (κ3) is 49.5. The number of esters is 1. The molecule has 1 amide bonds. The number of rotatable bonds is 51. The van der Waals surface area contributed by atoms with Crippen molar-refractivity contribution in [2.24, 2.45) is 0 Å². The monoisotopic (exact) mass is 936 g/mol. The molecular formula is C61H109NO5. The van der Waals surface area contributed by atoms with Gasteiger partial charge in [-0.05, 0) is 96.3 Å². The summed E-state index contributed by atoms with van der Waals surface area (Å²) < 4.78 is 5.93. The second-order valence-electron chi connectivity index (χ2n) is 19.3. The predicted molar refractivity (Wildman–Crippen MR) is 291 cm³/mol. The van der Waals surface area contributed by atoms with Crippen molar-refractivity contribution >= 4 is 11.9 Å². The quantitative estimate of drug-likeness (QED) is 0.0321. The number of carbonyl (C=O) groups excluding carboxylic acids is 2. The van der Waals surface area contributed by atoms with Crippen LogP contribution in [0.25, 0.3) is 0 Å². The number of amides is 1. The van der Waals surface area contributed by atoms with Crippen molar-refractivity contribution in [3.05, 3.63) is 72.9 Å². The molecule has 0 saturated carbocycles. The highest BCUT2D eigenvalue weighted by molar-refractivity contribution is 5.77. The molecule has 0 aliphatic heterocycles. The third-order valence-electron chi connectivity index (χ3n) is 12.8. The van der Waals surface area contributed by atoms with Crippen LogP contribution in [-0.2, 0) is 14.3 Å². The Morgan fingerprint density at radius 1 is 0.448 bits per heavy atom. The number of ether oxygens (including phenoxy) is 1. The van der Waals surface area contributed by atoms with Gasteiger partial charge in [0.25, 0.3) is 0 Å². The highest BCUT2D eigenvalue weighted by Gasteiger charge is 2.24. The third-order valence-corrected chi connectivity index (χ3v) is 12.8. The Hall–Kier alpha value is -2.70. The summed E-state index contributed by atoms with van der Waals surface area (Å²) in [6, 6.07) is -0.720. The Labute approximate surface area is 415 Å². The van der Waals surface area contributed by atoms with E-state index in [1.165, 1.54) is 135 Å². The highest BCUT2D eigenvalue weighted by Crippen LogP contribution is 2.18. The van der Waals surface area contributed by atoms with Crippen LogP contribution < -0.4 is 5.32 Å². The lowest BCUT2D eigenvalue weighted by atomic mass is 10.0. The van der Waals surface area contributed by atoms with E-state index in [4.69, 9.17) is 4.74 Å². The van der Waals surface area contributed by atoms with Gasteiger partial charge in [-0.2, -0.15) is 0 Å². The van der Waals surface area contributed by atoms with Gasteiger partial charge in [0.05, 0.1) is 25.2 Å². The molecule has 3 N–H and O–H groups in total. The van der Waals surface area contributed by atoms with Gasteiger partial charge in [0.15, 0.2) is 0 Å². The van der Waals surface area contributed by atoms with Gasteiger partial charge in [-0.1, -0.05) is 241 Å². The van der Waals surface area contributed by atoms with E-state index in [9.17, 15) is 19.8 Å². The van der Waals surface area contributed by atoms with Crippen molar-refractivity contribution < 1.29 is 24.5 Å². The number of aliphatic hydroxyl groups is 2. The van der Waals surface area contributed by atoms with Crippen LogP contribution in [0.1, 0.15) is 278 Å². The zero-order valence-corrected chi connectivity index (χ0v) is 44.3. The molecule has 0 aromatic rings. The molecule has 0 bridgehead atoms. The lowest BCUT2D eigenvalue weighted by Crippen LogP contribution is -2.46. The van der Waals surface area contributed by atoms with Gasteiger partial charge in [-0.3, -0.25) is 9.59 Å². The van der Waals surface area contributed by atoms with Crippen LogP contribution in [0.2, 0.25) is 0 Å². The maximum atomic E-state index is 13.2. The van der Waals surface area contributed by atoms with Crippen molar-refractivity contribution in [3.63, 3.8) is 0 Å². The summed E-state index contributed by atoms with van der Waals surface area (Å²) in [5.41, 5.74) is 0. The van der Waals surface area contributed by atoms with Crippen LogP contribution in [0, 0.1) is 0 Å². The molecule has 388 valence electrons. The fourth-order valence-corrected chi connectivity index (χ4v) is 8.45. The molecule has 0 aliphatic rings. The van der Waals surface area contributed by atoms with Crippen LogP contribution in [0.3, 0.4) is 0 Å². The Kier molecular flexibility index (Phi) is 52.1. The normalized spacial score (nSPS) is 13.7. The molecule has 6 nitrogen and oxygen atoms in total. The maximum Gasteiger partial charge on any atom is 0.306 e. The average molecular weight is 937 g/mol. The van der Waals surface area contributed by atoms with Gasteiger partial charge in [-0.25, -0.2) is 0 Å². The predicted octanol–water partition coefficient (Wildman–Crippen LogP) is 17.7. The van der Waals surface area contributed by atoms with Crippen molar-refractivity contribution in [1.82, 2.24) is 5.32 Å². The van der Waals surface area contributed by atoms with E-state index in [2.05, 4.69) is 99.0 Å². The molecule has 0 heterocycles. The van der Waals surface area contributed by atoms with E-state index in [1.807, 2.05) is 0 Å². The van der Waals surface area contributed by atoms with E-state index in [0.717, 1.165) is 96.3 Å². The molecule has 3 atom stereocenters. The molecule has 0 aromatic carbocycles. The van der Waals surface area contributed by atoms with Gasteiger partial charge in [0.2, 0.25) is 5.91 Å². The maximum absolute atomic E-state index is 13.2. The number of hydrogen-bond acceptors (Lipinski definition) is 5. The zero-order valence-electron chi connectivity index (χ0n) is 44.3. The number of hydrogen-bond donors (Lipinski definition) is 3. The first-order chi connectivity index (χ1) is 33.0. The summed E-state index contributed by atoms with van der Waals surface area (Å²) in [5, 5.41) is 23.9. The molecule has 0 aromatic heterocycles. The summed E-state index contributed by atoms with van der Waals surface area (Å²) in [5.74, 6) is -0.524. The second-order valence-corrected chi connectivity index (χ2v) is 19.3. The van der Waals surface area contributed by atoms with Gasteiger partial charge in [0, 0.05) is 6.42 Å². The van der Waals surface area contributed by atoms with Crippen LogP contribution in [-0.4, -0.2) is 46.9 Å². The number of allylic oxidation sites excluding steroid dienone is 12. The number of aliphatic hydroxyl groups excluding tert-OH is 2. The molecule has 6 heteroatoms. The summed E-state index contributed by atoms with van der Waals surface area (Å²) in [7, 11) is 0. The minimum atomic E-state index is -0.804. The zero-order chi connectivity index (χ0) is 48.8. The summed E-state index contributed by atoms with van der Waals surface area (Å²) in [6.45, 7) is 6.35. The van der Waals surface area contributed by atoms with Crippen LogP contribution in [0.5, 0.6) is 0 Å². The highest BCUT2D eigenvalue weighted by atomic mass is 16.5. The molecule has 67 heavy (non-hydrogen) atoms. The Morgan fingerprint density at radius 2 is 0.806 bits per heavy atom. The van der Waals surface area contributed by atoms with Crippen LogP contribution in [0.4, 0.5) is 0 Å². The first-order valence-electron chi connectivity index (χ1n) is 28.7. The molecule has 0 spiro atoms. The lowest BCUT2D eigenvalue weighted by molar-refractivity contribution is -0.151. The van der Waals surface area contributed by atoms with Gasteiger partial charge < -0.3 is 20.3 Å². The van der Waals surface area contributed by atoms with Gasteiger partial charge in [-0.15, -0.1) is 0 Å². The minimum Gasteiger partial charge on any atom is -0.462 e. The van der Waals surface area contributed by atoms with E-state index >= 15 is 0 Å². The fraction of sp³-hybridized carbons (Fsp3) is 0.770. The second kappa shape index (κ2) is 54.2. The minimum absolute atomic E-state index is 0.0441. The Bertz CT molecular complexity index is 1230.